The molecule has 0 bridgehead atoms. The van der Waals surface area contributed by atoms with Gasteiger partial charge in [0.2, 0.25) is 0 Å². The maximum Gasteiger partial charge on any atom is 0.343 e. The zero-order valence-corrected chi connectivity index (χ0v) is 20.0. The molecule has 0 heterocycles. The first kappa shape index (κ1) is 26.2. The molecule has 0 radical (unpaired) electrons. The lowest BCUT2D eigenvalue weighted by molar-refractivity contribution is -0.123. The van der Waals surface area contributed by atoms with Crippen LogP contribution in [-0.2, 0) is 4.79 Å². The molecule has 9 heteroatoms. The van der Waals surface area contributed by atoms with E-state index in [4.69, 9.17) is 18.9 Å². The van der Waals surface area contributed by atoms with Gasteiger partial charge in [0.25, 0.3) is 5.91 Å². The van der Waals surface area contributed by atoms with Crippen LogP contribution in [0.3, 0.4) is 0 Å². The van der Waals surface area contributed by atoms with Gasteiger partial charge in [-0.1, -0.05) is 13.3 Å². The van der Waals surface area contributed by atoms with E-state index in [2.05, 4.69) is 17.5 Å². The molecule has 0 saturated heterocycles. The van der Waals surface area contributed by atoms with Crippen LogP contribution in [0.5, 0.6) is 23.0 Å². The molecule has 3 rings (SSSR count). The fourth-order valence-corrected chi connectivity index (χ4v) is 2.92. The summed E-state index contributed by atoms with van der Waals surface area (Å²) in [7, 11) is 1.45. The van der Waals surface area contributed by atoms with Crippen molar-refractivity contribution in [2.24, 2.45) is 5.10 Å². The molecule has 3 aromatic rings. The summed E-state index contributed by atoms with van der Waals surface area (Å²) >= 11 is 0. The van der Waals surface area contributed by atoms with Crippen LogP contribution in [0.4, 0.5) is 4.39 Å². The van der Waals surface area contributed by atoms with E-state index in [-0.39, 0.29) is 12.4 Å². The van der Waals surface area contributed by atoms with Gasteiger partial charge in [-0.05, 0) is 78.7 Å². The van der Waals surface area contributed by atoms with Gasteiger partial charge in [0, 0.05) is 0 Å². The van der Waals surface area contributed by atoms with Crippen LogP contribution < -0.4 is 24.4 Å². The molecule has 0 atom stereocenters. The highest BCUT2D eigenvalue weighted by molar-refractivity contribution is 5.92. The molecular weight excluding hydrogens is 467 g/mol. The first-order chi connectivity index (χ1) is 17.5. The summed E-state index contributed by atoms with van der Waals surface area (Å²) in [5.74, 6) is 0.182. The number of carbonyl (C=O) groups excluding carboxylic acids is 2. The third-order valence-electron chi connectivity index (χ3n) is 4.83. The van der Waals surface area contributed by atoms with Crippen LogP contribution in [0.25, 0.3) is 0 Å². The highest BCUT2D eigenvalue weighted by Crippen LogP contribution is 2.28. The van der Waals surface area contributed by atoms with Crippen LogP contribution in [0, 0.1) is 5.82 Å². The van der Waals surface area contributed by atoms with E-state index >= 15 is 0 Å². The lowest BCUT2D eigenvalue weighted by Crippen LogP contribution is -2.24. The molecule has 0 unspecified atom stereocenters. The topological polar surface area (TPSA) is 95.5 Å². The summed E-state index contributed by atoms with van der Waals surface area (Å²) in [6.07, 6.45) is 3.41. The van der Waals surface area contributed by atoms with Crippen LogP contribution in [-0.4, -0.2) is 38.4 Å². The smallest absolute Gasteiger partial charge is 0.343 e. The predicted molar refractivity (Wildman–Crippen MR) is 132 cm³/mol. The van der Waals surface area contributed by atoms with Crippen molar-refractivity contribution in [2.45, 2.75) is 19.8 Å². The maximum atomic E-state index is 12.9. The minimum atomic E-state index is -0.539. The Morgan fingerprint density at radius 3 is 2.33 bits per heavy atom. The molecular formula is C27H27FN2O6. The average molecular weight is 495 g/mol. The zero-order chi connectivity index (χ0) is 25.8. The first-order valence-corrected chi connectivity index (χ1v) is 11.3. The molecule has 0 aromatic heterocycles. The standard InChI is InChI=1S/C27H27FN2O6/c1-3-4-15-34-22-10-6-20(7-11-22)27(32)36-24-14-5-19(16-25(24)33-2)17-29-30-26(31)18-35-23-12-8-21(28)9-13-23/h5-14,16-17H,3-4,15,18H2,1-2H3,(H,30,31). The van der Waals surface area contributed by atoms with Crippen molar-refractivity contribution in [3.8, 4) is 23.0 Å². The quantitative estimate of drug-likeness (QED) is 0.128. The minimum Gasteiger partial charge on any atom is -0.494 e. The van der Waals surface area contributed by atoms with E-state index in [1.165, 1.54) is 37.6 Å². The number of unbranched alkanes of at least 4 members (excludes halogenated alkanes) is 1. The first-order valence-electron chi connectivity index (χ1n) is 11.3. The van der Waals surface area contributed by atoms with Gasteiger partial charge in [-0.15, -0.1) is 0 Å². The largest absolute Gasteiger partial charge is 0.494 e. The number of ether oxygens (including phenoxy) is 4. The van der Waals surface area contributed by atoms with Crippen LogP contribution in [0.15, 0.2) is 71.8 Å². The molecule has 188 valence electrons. The Bertz CT molecular complexity index is 1180. The summed E-state index contributed by atoms with van der Waals surface area (Å²) in [5, 5.41) is 3.88. The fourth-order valence-electron chi connectivity index (χ4n) is 2.92. The van der Waals surface area contributed by atoms with Gasteiger partial charge in [0.15, 0.2) is 18.1 Å². The molecule has 36 heavy (non-hydrogen) atoms. The van der Waals surface area contributed by atoms with Gasteiger partial charge < -0.3 is 18.9 Å². The maximum absolute atomic E-state index is 12.9. The molecule has 0 aliphatic heterocycles. The van der Waals surface area contributed by atoms with Gasteiger partial charge >= 0.3 is 5.97 Å². The van der Waals surface area contributed by atoms with Crippen LogP contribution in [0.2, 0.25) is 0 Å². The molecule has 1 amide bonds. The number of rotatable bonds is 12. The Labute approximate surface area is 208 Å². The summed E-state index contributed by atoms with van der Waals surface area (Å²) in [6.45, 7) is 2.43. The zero-order valence-electron chi connectivity index (χ0n) is 20.0. The molecule has 1 N–H and O–H groups in total. The number of nitrogens with zero attached hydrogens (tertiary/aromatic N) is 1. The van der Waals surface area contributed by atoms with Crippen molar-refractivity contribution >= 4 is 18.1 Å². The molecule has 0 aliphatic carbocycles. The third kappa shape index (κ3) is 8.12. The number of hydrogen-bond acceptors (Lipinski definition) is 7. The molecule has 0 saturated carbocycles. The van der Waals surface area contributed by atoms with Crippen LogP contribution >= 0.6 is 0 Å². The highest BCUT2D eigenvalue weighted by Gasteiger charge is 2.13. The molecule has 8 nitrogen and oxygen atoms in total. The minimum absolute atomic E-state index is 0.236. The number of nitrogens with one attached hydrogen (secondary N) is 1. The Kier molecular flexibility index (Phi) is 9.81. The molecule has 0 aliphatic rings. The second kappa shape index (κ2) is 13.5. The monoisotopic (exact) mass is 494 g/mol. The molecule has 0 spiro atoms. The van der Waals surface area contributed by atoms with Crippen molar-refractivity contribution in [3.63, 3.8) is 0 Å². The van der Waals surface area contributed by atoms with Gasteiger partial charge in [0.05, 0.1) is 25.5 Å². The third-order valence-corrected chi connectivity index (χ3v) is 4.83. The Hall–Kier alpha value is -4.40. The Morgan fingerprint density at radius 1 is 0.944 bits per heavy atom. The number of hydrogen-bond donors (Lipinski definition) is 1. The van der Waals surface area contributed by atoms with Crippen molar-refractivity contribution in [2.75, 3.05) is 20.3 Å². The normalized spacial score (nSPS) is 10.6. The van der Waals surface area contributed by atoms with E-state index in [1.807, 2.05) is 0 Å². The van der Waals surface area contributed by atoms with Crippen molar-refractivity contribution in [1.82, 2.24) is 5.43 Å². The fraction of sp³-hybridized carbons (Fsp3) is 0.222. The van der Waals surface area contributed by atoms with Gasteiger partial charge in [-0.25, -0.2) is 14.6 Å². The van der Waals surface area contributed by atoms with E-state index in [9.17, 15) is 14.0 Å². The van der Waals surface area contributed by atoms with Gasteiger partial charge in [-0.2, -0.15) is 5.10 Å². The van der Waals surface area contributed by atoms with Gasteiger partial charge in [0.1, 0.15) is 17.3 Å². The van der Waals surface area contributed by atoms with Crippen LogP contribution in [0.1, 0.15) is 35.7 Å². The number of halogens is 1. The summed E-state index contributed by atoms with van der Waals surface area (Å²) < 4.78 is 34.6. The van der Waals surface area contributed by atoms with Crippen molar-refractivity contribution in [3.05, 3.63) is 83.7 Å². The number of carbonyl (C=O) groups is 2. The van der Waals surface area contributed by atoms with Crippen molar-refractivity contribution in [1.29, 1.82) is 0 Å². The number of hydrazone groups is 1. The number of methoxy groups -OCH3 is 1. The Morgan fingerprint density at radius 2 is 1.64 bits per heavy atom. The second-order valence-corrected chi connectivity index (χ2v) is 7.56. The predicted octanol–water partition coefficient (Wildman–Crippen LogP) is 4.76. The SMILES string of the molecule is CCCCOc1ccc(C(=O)Oc2ccc(C=NNC(=O)COc3ccc(F)cc3)cc2OC)cc1. The van der Waals surface area contributed by atoms with Gasteiger partial charge in [-0.3, -0.25) is 4.79 Å². The van der Waals surface area contributed by atoms with E-state index < -0.39 is 17.7 Å². The number of amides is 1. The van der Waals surface area contributed by atoms with Crippen molar-refractivity contribution < 1.29 is 32.9 Å². The van der Waals surface area contributed by atoms with E-state index in [1.54, 1.807) is 42.5 Å². The van der Waals surface area contributed by atoms with E-state index in [0.717, 1.165) is 12.8 Å². The number of benzene rings is 3. The summed E-state index contributed by atoms with van der Waals surface area (Å²) in [6, 6.07) is 16.9. The highest BCUT2D eigenvalue weighted by atomic mass is 19.1. The van der Waals surface area contributed by atoms with E-state index in [0.29, 0.717) is 35.0 Å². The Balaban J connectivity index is 1.52. The average Bonchev–Trinajstić information content (AvgIpc) is 2.89. The second-order valence-electron chi connectivity index (χ2n) is 7.56. The molecule has 0 fully saturated rings. The summed E-state index contributed by atoms with van der Waals surface area (Å²) in [4.78, 5) is 24.4. The molecule has 3 aromatic carbocycles. The number of esters is 1. The lowest BCUT2D eigenvalue weighted by atomic mass is 10.2. The lowest BCUT2D eigenvalue weighted by Gasteiger charge is -2.10. The summed E-state index contributed by atoms with van der Waals surface area (Å²) in [5.41, 5.74) is 3.30.